The highest BCUT2D eigenvalue weighted by atomic mass is 127. The Morgan fingerprint density at radius 2 is 1.67 bits per heavy atom. The van der Waals surface area contributed by atoms with E-state index in [1.54, 1.807) is 0 Å². The molecule has 1 aromatic carbocycles. The van der Waals surface area contributed by atoms with E-state index >= 15 is 0 Å². The van der Waals surface area contributed by atoms with Crippen molar-refractivity contribution in [2.75, 3.05) is 14.1 Å². The second-order valence-electron chi connectivity index (χ2n) is 8.93. The van der Waals surface area contributed by atoms with Crippen molar-refractivity contribution >= 4 is 11.5 Å². The minimum absolute atomic E-state index is 0. The number of benzene rings is 1. The van der Waals surface area contributed by atoms with Crippen molar-refractivity contribution in [3.8, 4) is 0 Å². The van der Waals surface area contributed by atoms with Gasteiger partial charge in [-0.2, -0.15) is 0 Å². The lowest BCUT2D eigenvalue weighted by Gasteiger charge is -2.43. The normalized spacial score (nSPS) is 29.2. The number of carbonyl (C=O) groups excluding carboxylic acids is 1. The van der Waals surface area contributed by atoms with Gasteiger partial charge in [0.1, 0.15) is 6.10 Å². The lowest BCUT2D eigenvalue weighted by atomic mass is 9.86. The molecule has 0 radical (unpaired) electrons. The van der Waals surface area contributed by atoms with Gasteiger partial charge in [0.25, 0.3) is 0 Å². The van der Waals surface area contributed by atoms with Crippen molar-refractivity contribution in [2.45, 2.75) is 76.0 Å². The van der Waals surface area contributed by atoms with Crippen LogP contribution in [-0.4, -0.2) is 42.7 Å². The lowest BCUT2D eigenvalue weighted by molar-refractivity contribution is -0.931. The number of quaternary nitrogens is 1. The zero-order valence-corrected chi connectivity index (χ0v) is 18.8. The van der Waals surface area contributed by atoms with Crippen molar-refractivity contribution in [3.63, 3.8) is 0 Å². The third-order valence-corrected chi connectivity index (χ3v) is 7.15. The molecular formula is C23H32INO2. The van der Waals surface area contributed by atoms with Crippen LogP contribution in [0.4, 0.5) is 0 Å². The standard InChI is InChI=1S/C23H32NO2.HI/c1-24(2)19-12-13-20(24)16-21(15-19)26-23(25)14-18-10-6-7-11-22(18)17-8-4-3-5-9-17;/h3-5,8-9,19-21H,6-7,10-16H2,1-2H3;1H/q+1;/p-1/t19-,20+,21?;. The molecule has 4 heteroatoms. The molecule has 2 fully saturated rings. The van der Waals surface area contributed by atoms with Crippen molar-refractivity contribution in [3.05, 3.63) is 41.5 Å². The molecule has 1 aromatic rings. The fourth-order valence-corrected chi connectivity index (χ4v) is 5.48. The Balaban J connectivity index is 0.00000210. The highest BCUT2D eigenvalue weighted by molar-refractivity contribution is 5.79. The number of ether oxygens (including phenoxy) is 1. The Morgan fingerprint density at radius 1 is 1.04 bits per heavy atom. The second-order valence-corrected chi connectivity index (χ2v) is 8.93. The van der Waals surface area contributed by atoms with Crippen molar-refractivity contribution < 1.29 is 38.0 Å². The maximum Gasteiger partial charge on any atom is 0.310 e. The van der Waals surface area contributed by atoms with Gasteiger partial charge in [-0.25, -0.2) is 0 Å². The van der Waals surface area contributed by atoms with Crippen LogP contribution in [0.5, 0.6) is 0 Å². The zero-order valence-electron chi connectivity index (χ0n) is 16.6. The number of rotatable bonds is 4. The Hall–Kier alpha value is -0.880. The highest BCUT2D eigenvalue weighted by Gasteiger charge is 2.49. The molecule has 3 aliphatic rings. The topological polar surface area (TPSA) is 26.3 Å². The molecule has 4 rings (SSSR count). The number of esters is 1. The molecule has 2 heterocycles. The van der Waals surface area contributed by atoms with Crippen LogP contribution in [0.2, 0.25) is 0 Å². The van der Waals surface area contributed by atoms with Gasteiger partial charge in [-0.3, -0.25) is 4.79 Å². The molecule has 0 amide bonds. The van der Waals surface area contributed by atoms with E-state index in [4.69, 9.17) is 4.74 Å². The molecular weight excluding hydrogens is 449 g/mol. The largest absolute Gasteiger partial charge is 1.00 e. The summed E-state index contributed by atoms with van der Waals surface area (Å²) in [6.45, 7) is 0. The summed E-state index contributed by atoms with van der Waals surface area (Å²) in [5.41, 5.74) is 3.97. The summed E-state index contributed by atoms with van der Waals surface area (Å²) in [4.78, 5) is 12.7. The van der Waals surface area contributed by atoms with E-state index in [0.717, 1.165) is 30.2 Å². The molecule has 0 N–H and O–H groups in total. The Bertz CT molecular complexity index is 682. The highest BCUT2D eigenvalue weighted by Crippen LogP contribution is 2.41. The predicted octanol–water partition coefficient (Wildman–Crippen LogP) is 1.72. The van der Waals surface area contributed by atoms with Gasteiger partial charge in [-0.1, -0.05) is 35.9 Å². The van der Waals surface area contributed by atoms with E-state index in [0.29, 0.717) is 18.5 Å². The molecule has 0 spiro atoms. The molecule has 1 aliphatic carbocycles. The first-order valence-electron chi connectivity index (χ1n) is 10.3. The molecule has 2 bridgehead atoms. The fraction of sp³-hybridized carbons (Fsp3) is 0.609. The van der Waals surface area contributed by atoms with Gasteiger partial charge in [-0.15, -0.1) is 0 Å². The SMILES string of the molecule is C[N+]1(C)[C@@H]2CC[C@H]1CC(OC(=O)CC1=C(c3ccccc3)CCCC1)C2.[I-]. The average molecular weight is 481 g/mol. The van der Waals surface area contributed by atoms with E-state index in [1.165, 1.54) is 42.4 Å². The maximum absolute atomic E-state index is 12.7. The monoisotopic (exact) mass is 481 g/mol. The van der Waals surface area contributed by atoms with Crippen LogP contribution >= 0.6 is 0 Å². The summed E-state index contributed by atoms with van der Waals surface area (Å²) >= 11 is 0. The lowest BCUT2D eigenvalue weighted by Crippen LogP contribution is -3.00. The smallest absolute Gasteiger partial charge is 0.310 e. The van der Waals surface area contributed by atoms with E-state index in [9.17, 15) is 4.79 Å². The zero-order chi connectivity index (χ0) is 18.1. The number of fused-ring (bicyclic) bond motifs is 2. The van der Waals surface area contributed by atoms with Crippen LogP contribution in [-0.2, 0) is 9.53 Å². The Morgan fingerprint density at radius 3 is 2.33 bits per heavy atom. The summed E-state index contributed by atoms with van der Waals surface area (Å²) in [5, 5.41) is 0. The summed E-state index contributed by atoms with van der Waals surface area (Å²) < 4.78 is 7.09. The van der Waals surface area contributed by atoms with Crippen LogP contribution < -0.4 is 24.0 Å². The van der Waals surface area contributed by atoms with Crippen LogP contribution in [0.1, 0.15) is 63.4 Å². The first kappa shape index (κ1) is 20.8. The third kappa shape index (κ3) is 4.42. The van der Waals surface area contributed by atoms with Gasteiger partial charge < -0.3 is 33.2 Å². The number of carbonyl (C=O) groups is 1. The van der Waals surface area contributed by atoms with E-state index in [2.05, 4.69) is 44.4 Å². The number of hydrogen-bond donors (Lipinski definition) is 0. The van der Waals surface area contributed by atoms with Crippen molar-refractivity contribution in [2.24, 2.45) is 0 Å². The molecule has 3 atom stereocenters. The summed E-state index contributed by atoms with van der Waals surface area (Å²) in [6, 6.07) is 11.9. The van der Waals surface area contributed by atoms with E-state index in [-0.39, 0.29) is 36.0 Å². The molecule has 27 heavy (non-hydrogen) atoms. The van der Waals surface area contributed by atoms with Gasteiger partial charge in [-0.05, 0) is 36.8 Å². The maximum atomic E-state index is 12.7. The number of hydrogen-bond acceptors (Lipinski definition) is 2. The Labute approximate surface area is 180 Å². The minimum atomic E-state index is -0.00747. The molecule has 2 saturated heterocycles. The quantitative estimate of drug-likeness (QED) is 0.372. The summed E-state index contributed by atoms with van der Waals surface area (Å²) in [6.07, 6.45) is 9.82. The van der Waals surface area contributed by atoms with E-state index < -0.39 is 0 Å². The van der Waals surface area contributed by atoms with Crippen molar-refractivity contribution in [1.82, 2.24) is 0 Å². The molecule has 3 nitrogen and oxygen atoms in total. The van der Waals surface area contributed by atoms with Crippen LogP contribution in [0.3, 0.4) is 0 Å². The van der Waals surface area contributed by atoms with Gasteiger partial charge in [0, 0.05) is 25.7 Å². The molecule has 2 aliphatic heterocycles. The minimum Gasteiger partial charge on any atom is -1.00 e. The van der Waals surface area contributed by atoms with Gasteiger partial charge in [0.15, 0.2) is 0 Å². The number of nitrogens with zero attached hydrogens (tertiary/aromatic N) is 1. The van der Waals surface area contributed by atoms with Gasteiger partial charge >= 0.3 is 5.97 Å². The first-order chi connectivity index (χ1) is 12.5. The predicted molar refractivity (Wildman–Crippen MR) is 104 cm³/mol. The van der Waals surface area contributed by atoms with Crippen LogP contribution in [0.25, 0.3) is 5.57 Å². The Kier molecular flexibility index (Phi) is 6.67. The average Bonchev–Trinajstić information content (AvgIpc) is 2.80. The molecule has 1 unspecified atom stereocenters. The van der Waals surface area contributed by atoms with Gasteiger partial charge in [0.05, 0.1) is 32.6 Å². The van der Waals surface area contributed by atoms with E-state index in [1.807, 2.05) is 0 Å². The first-order valence-corrected chi connectivity index (χ1v) is 10.3. The fourth-order valence-electron chi connectivity index (χ4n) is 5.48. The molecule has 148 valence electrons. The summed E-state index contributed by atoms with van der Waals surface area (Å²) in [5.74, 6) is -0.00747. The third-order valence-electron chi connectivity index (χ3n) is 7.15. The number of halogens is 1. The second kappa shape index (κ2) is 8.64. The van der Waals surface area contributed by atoms with Crippen LogP contribution in [0.15, 0.2) is 35.9 Å². The van der Waals surface area contributed by atoms with Gasteiger partial charge in [0.2, 0.25) is 0 Å². The van der Waals surface area contributed by atoms with Crippen molar-refractivity contribution in [1.29, 1.82) is 0 Å². The summed E-state index contributed by atoms with van der Waals surface area (Å²) in [7, 11) is 4.69. The molecule has 0 saturated carbocycles. The molecule has 0 aromatic heterocycles. The number of allylic oxidation sites excluding steroid dienone is 1. The number of piperidine rings is 1. The van der Waals surface area contributed by atoms with Crippen LogP contribution in [0, 0.1) is 0 Å².